The van der Waals surface area contributed by atoms with Gasteiger partial charge in [0.2, 0.25) is 0 Å². The Morgan fingerprint density at radius 1 is 1.53 bits per heavy atom. The second kappa shape index (κ2) is 5.63. The normalized spacial score (nSPS) is 11.1. The molecule has 0 fully saturated rings. The van der Waals surface area contributed by atoms with Gasteiger partial charge in [-0.15, -0.1) is 0 Å². The third-order valence-corrected chi connectivity index (χ3v) is 2.46. The molecule has 1 heterocycles. The zero-order chi connectivity index (χ0) is 12.9. The largest absolute Gasteiger partial charge is 0.342 e. The van der Waals surface area contributed by atoms with Crippen LogP contribution in [0.15, 0.2) is 24.4 Å². The van der Waals surface area contributed by atoms with Crippen molar-refractivity contribution in [3.63, 3.8) is 0 Å². The van der Waals surface area contributed by atoms with Crippen molar-refractivity contribution in [1.29, 1.82) is 0 Å². The molecule has 0 saturated heterocycles. The lowest BCUT2D eigenvalue weighted by Gasteiger charge is -2.28. The fraction of sp³-hybridized carbons (Fsp3) is 0.500. The van der Waals surface area contributed by atoms with E-state index in [1.807, 2.05) is 39.0 Å². The maximum Gasteiger partial charge on any atom is 0.342 e. The number of carbonyl (C=O) groups excluding carboxylic acids is 1. The van der Waals surface area contributed by atoms with Gasteiger partial charge in [-0.25, -0.2) is 9.86 Å². The summed E-state index contributed by atoms with van der Waals surface area (Å²) in [5.74, 6) is 0. The van der Waals surface area contributed by atoms with E-state index < -0.39 is 5.54 Å². The highest BCUT2D eigenvalue weighted by molar-refractivity contribution is 5.74. The molecule has 0 atom stereocenters. The zero-order valence-electron chi connectivity index (χ0n) is 10.7. The van der Waals surface area contributed by atoms with E-state index in [4.69, 9.17) is 4.84 Å². The van der Waals surface area contributed by atoms with Gasteiger partial charge in [0.05, 0.1) is 18.3 Å². The summed E-state index contributed by atoms with van der Waals surface area (Å²) in [5.41, 5.74) is 0.269. The van der Waals surface area contributed by atoms with Crippen LogP contribution in [0.3, 0.4) is 0 Å². The summed E-state index contributed by atoms with van der Waals surface area (Å²) < 4.78 is 0. The fourth-order valence-corrected chi connectivity index (χ4v) is 1.48. The second-order valence-electron chi connectivity index (χ2n) is 4.15. The first-order chi connectivity index (χ1) is 8.01. The molecule has 0 saturated carbocycles. The third-order valence-electron chi connectivity index (χ3n) is 2.46. The molecule has 0 radical (unpaired) electrons. The van der Waals surface area contributed by atoms with Gasteiger partial charge in [0.15, 0.2) is 0 Å². The molecular weight excluding hydrogens is 218 g/mol. The number of amides is 2. The van der Waals surface area contributed by atoms with Gasteiger partial charge < -0.3 is 5.32 Å². The number of nitrogens with one attached hydrogen (secondary N) is 1. The van der Waals surface area contributed by atoms with Crippen LogP contribution in [0.4, 0.5) is 4.79 Å². The molecule has 94 valence electrons. The van der Waals surface area contributed by atoms with Crippen molar-refractivity contribution in [3.05, 3.63) is 30.1 Å². The van der Waals surface area contributed by atoms with Crippen LogP contribution in [0.2, 0.25) is 0 Å². The topological polar surface area (TPSA) is 54.5 Å². The molecule has 17 heavy (non-hydrogen) atoms. The van der Waals surface area contributed by atoms with E-state index in [1.54, 1.807) is 6.20 Å². The predicted octanol–water partition coefficient (Wildman–Crippen LogP) is 1.91. The van der Waals surface area contributed by atoms with Crippen LogP contribution in [0.5, 0.6) is 0 Å². The van der Waals surface area contributed by atoms with Crippen LogP contribution < -0.4 is 5.32 Å². The Hall–Kier alpha value is -1.62. The lowest BCUT2D eigenvalue weighted by atomic mass is 10.0. The van der Waals surface area contributed by atoms with Gasteiger partial charge in [0.1, 0.15) is 0 Å². The summed E-state index contributed by atoms with van der Waals surface area (Å²) in [6, 6.07) is 5.34. The number of hydrogen-bond donors (Lipinski definition) is 1. The first-order valence-corrected chi connectivity index (χ1v) is 5.56. The quantitative estimate of drug-likeness (QED) is 0.814. The summed E-state index contributed by atoms with van der Waals surface area (Å²) in [5, 5.41) is 4.13. The van der Waals surface area contributed by atoms with Gasteiger partial charge in [0, 0.05) is 12.7 Å². The van der Waals surface area contributed by atoms with Gasteiger partial charge in [-0.2, -0.15) is 0 Å². The smallest absolute Gasteiger partial charge is 0.326 e. The molecule has 5 heteroatoms. The molecule has 0 bridgehead atoms. The maximum absolute atomic E-state index is 11.9. The van der Waals surface area contributed by atoms with Crippen molar-refractivity contribution in [2.75, 3.05) is 13.7 Å². The van der Waals surface area contributed by atoms with Crippen LogP contribution >= 0.6 is 0 Å². The average Bonchev–Trinajstić information content (AvgIpc) is 2.31. The van der Waals surface area contributed by atoms with Gasteiger partial charge in [-0.3, -0.25) is 9.82 Å². The molecule has 2 amide bonds. The first kappa shape index (κ1) is 13.4. The molecule has 1 rings (SSSR count). The molecular formula is C12H19N3O2. The summed E-state index contributed by atoms with van der Waals surface area (Å²) >= 11 is 0. The minimum Gasteiger partial charge on any atom is -0.326 e. The fourth-order valence-electron chi connectivity index (χ4n) is 1.48. The number of hydrogen-bond acceptors (Lipinski definition) is 3. The van der Waals surface area contributed by atoms with Crippen molar-refractivity contribution in [2.24, 2.45) is 0 Å². The monoisotopic (exact) mass is 237 g/mol. The Morgan fingerprint density at radius 3 is 2.71 bits per heavy atom. The molecule has 1 N–H and O–H groups in total. The van der Waals surface area contributed by atoms with Crippen molar-refractivity contribution in [1.82, 2.24) is 15.4 Å². The number of carbonyl (C=O) groups is 1. The van der Waals surface area contributed by atoms with E-state index in [9.17, 15) is 4.79 Å². The first-order valence-electron chi connectivity index (χ1n) is 5.56. The summed E-state index contributed by atoms with van der Waals surface area (Å²) in [4.78, 5) is 21.0. The van der Waals surface area contributed by atoms with Crippen LogP contribution in [0.1, 0.15) is 26.5 Å². The summed E-state index contributed by atoms with van der Waals surface area (Å²) in [6.07, 6.45) is 1.71. The molecule has 1 aromatic rings. The highest BCUT2D eigenvalue weighted by Crippen LogP contribution is 2.17. The highest BCUT2D eigenvalue weighted by Gasteiger charge is 2.26. The van der Waals surface area contributed by atoms with Crippen LogP contribution in [0.25, 0.3) is 0 Å². The van der Waals surface area contributed by atoms with E-state index in [0.29, 0.717) is 6.54 Å². The number of rotatable bonds is 4. The van der Waals surface area contributed by atoms with E-state index in [-0.39, 0.29) is 6.03 Å². The number of pyridine rings is 1. The lowest BCUT2D eigenvalue weighted by Crippen LogP contribution is -2.48. The number of hydroxylamine groups is 2. The van der Waals surface area contributed by atoms with Crippen molar-refractivity contribution in [2.45, 2.75) is 26.3 Å². The SMILES string of the molecule is CCN(OC)C(=O)NC(C)(C)c1ccccn1. The Morgan fingerprint density at radius 2 is 2.24 bits per heavy atom. The van der Waals surface area contributed by atoms with Gasteiger partial charge in [-0.05, 0) is 32.9 Å². The Kier molecular flexibility index (Phi) is 4.45. The highest BCUT2D eigenvalue weighted by atomic mass is 16.7. The van der Waals surface area contributed by atoms with E-state index >= 15 is 0 Å². The molecule has 0 unspecified atom stereocenters. The van der Waals surface area contributed by atoms with E-state index in [0.717, 1.165) is 5.69 Å². The van der Waals surface area contributed by atoms with Crippen molar-refractivity contribution in [3.8, 4) is 0 Å². The van der Waals surface area contributed by atoms with Gasteiger partial charge in [-0.1, -0.05) is 6.07 Å². The molecule has 0 spiro atoms. The minimum absolute atomic E-state index is 0.273. The van der Waals surface area contributed by atoms with Crippen molar-refractivity contribution < 1.29 is 9.63 Å². The molecule has 5 nitrogen and oxygen atoms in total. The Balaban J connectivity index is 2.76. The Bertz CT molecular complexity index is 361. The predicted molar refractivity (Wildman–Crippen MR) is 65.2 cm³/mol. The third kappa shape index (κ3) is 3.42. The van der Waals surface area contributed by atoms with Crippen LogP contribution in [0, 0.1) is 0 Å². The maximum atomic E-state index is 11.9. The standard InChI is InChI=1S/C12H19N3O2/c1-5-15(17-4)11(16)14-12(2,3)10-8-6-7-9-13-10/h6-9H,5H2,1-4H3,(H,14,16). The number of aromatic nitrogens is 1. The van der Waals surface area contributed by atoms with Crippen LogP contribution in [-0.4, -0.2) is 29.7 Å². The molecule has 1 aromatic heterocycles. The van der Waals surface area contributed by atoms with Crippen molar-refractivity contribution >= 4 is 6.03 Å². The van der Waals surface area contributed by atoms with E-state index in [1.165, 1.54) is 12.2 Å². The zero-order valence-corrected chi connectivity index (χ0v) is 10.7. The number of urea groups is 1. The summed E-state index contributed by atoms with van der Waals surface area (Å²) in [7, 11) is 1.47. The molecule has 0 aliphatic heterocycles. The van der Waals surface area contributed by atoms with E-state index in [2.05, 4.69) is 10.3 Å². The summed E-state index contributed by atoms with van der Waals surface area (Å²) in [6.45, 7) is 6.13. The molecule has 0 aliphatic carbocycles. The van der Waals surface area contributed by atoms with Gasteiger partial charge in [0.25, 0.3) is 0 Å². The average molecular weight is 237 g/mol. The number of nitrogens with zero attached hydrogens (tertiary/aromatic N) is 2. The van der Waals surface area contributed by atoms with Gasteiger partial charge >= 0.3 is 6.03 Å². The van der Waals surface area contributed by atoms with Crippen LogP contribution in [-0.2, 0) is 10.4 Å². The molecule has 0 aromatic carbocycles. The molecule has 0 aliphatic rings. The second-order valence-corrected chi connectivity index (χ2v) is 4.15. The lowest BCUT2D eigenvalue weighted by molar-refractivity contribution is -0.0841. The minimum atomic E-state index is -0.537. The Labute approximate surface area is 102 Å².